The molecule has 0 saturated heterocycles. The molecule has 0 radical (unpaired) electrons. The molecule has 0 saturated carbocycles. The molecular weight excluding hydrogens is 188 g/mol. The van der Waals surface area contributed by atoms with E-state index in [2.05, 4.69) is 15.2 Å². The van der Waals surface area contributed by atoms with E-state index in [1.165, 1.54) is 0 Å². The fourth-order valence-electron chi connectivity index (χ4n) is 0.634. The molecule has 0 unspecified atom stereocenters. The van der Waals surface area contributed by atoms with Gasteiger partial charge in [-0.25, -0.2) is 4.99 Å². The molecule has 1 aromatic heterocycles. The molecule has 0 fully saturated rings. The lowest BCUT2D eigenvalue weighted by molar-refractivity contribution is 0.618. The van der Waals surface area contributed by atoms with Crippen LogP contribution in [0.2, 0.25) is 5.15 Å². The van der Waals surface area contributed by atoms with Crippen molar-refractivity contribution >= 4 is 23.3 Å². The summed E-state index contributed by atoms with van der Waals surface area (Å²) in [5.74, 6) is 1.44. The number of aromatic nitrogens is 2. The van der Waals surface area contributed by atoms with Crippen LogP contribution < -0.4 is 0 Å². The minimum atomic E-state index is 0.376. The van der Waals surface area contributed by atoms with Crippen molar-refractivity contribution in [3.63, 3.8) is 0 Å². The molecule has 4 nitrogen and oxygen atoms in total. The van der Waals surface area contributed by atoms with E-state index in [4.69, 9.17) is 11.6 Å². The summed E-state index contributed by atoms with van der Waals surface area (Å²) in [5.41, 5.74) is 0. The van der Waals surface area contributed by atoms with Crippen LogP contribution in [0.4, 0.5) is 5.82 Å². The highest BCUT2D eigenvalue weighted by molar-refractivity contribution is 6.29. The minimum Gasteiger partial charge on any atom is -0.366 e. The molecular formula is C8H11ClN4. The van der Waals surface area contributed by atoms with Gasteiger partial charge in [0, 0.05) is 14.1 Å². The van der Waals surface area contributed by atoms with Gasteiger partial charge in [-0.2, -0.15) is 0 Å². The van der Waals surface area contributed by atoms with Gasteiger partial charge in [0.2, 0.25) is 0 Å². The number of nitrogens with zero attached hydrogens (tertiary/aromatic N) is 4. The smallest absolute Gasteiger partial charge is 0.176 e. The molecule has 1 heterocycles. The Kier molecular flexibility index (Phi) is 3.19. The first-order chi connectivity index (χ1) is 6.09. The van der Waals surface area contributed by atoms with Gasteiger partial charge in [-0.15, -0.1) is 10.2 Å². The second kappa shape index (κ2) is 4.18. The highest BCUT2D eigenvalue weighted by Gasteiger charge is 1.96. The summed E-state index contributed by atoms with van der Waals surface area (Å²) in [4.78, 5) is 6.11. The zero-order chi connectivity index (χ0) is 9.84. The number of amidine groups is 1. The SMILES string of the molecule is C/C(=N/c1ccc(Cl)nn1)N(C)C. The lowest BCUT2D eigenvalue weighted by Crippen LogP contribution is -2.17. The van der Waals surface area contributed by atoms with Crippen LogP contribution in [0.5, 0.6) is 0 Å². The summed E-state index contributed by atoms with van der Waals surface area (Å²) in [6, 6.07) is 3.39. The molecule has 0 aromatic carbocycles. The van der Waals surface area contributed by atoms with Crippen LogP contribution in [0, 0.1) is 0 Å². The van der Waals surface area contributed by atoms with Gasteiger partial charge in [0.15, 0.2) is 11.0 Å². The zero-order valence-electron chi connectivity index (χ0n) is 7.82. The first kappa shape index (κ1) is 9.92. The molecule has 5 heteroatoms. The van der Waals surface area contributed by atoms with E-state index in [1.807, 2.05) is 25.9 Å². The Bertz CT molecular complexity index is 304. The van der Waals surface area contributed by atoms with E-state index in [9.17, 15) is 0 Å². The van der Waals surface area contributed by atoms with E-state index < -0.39 is 0 Å². The van der Waals surface area contributed by atoms with Crippen molar-refractivity contribution in [2.75, 3.05) is 14.1 Å². The summed E-state index contributed by atoms with van der Waals surface area (Å²) in [5, 5.41) is 7.86. The lowest BCUT2D eigenvalue weighted by Gasteiger charge is -2.09. The zero-order valence-corrected chi connectivity index (χ0v) is 8.58. The van der Waals surface area contributed by atoms with Gasteiger partial charge in [-0.3, -0.25) is 0 Å². The topological polar surface area (TPSA) is 41.4 Å². The van der Waals surface area contributed by atoms with Crippen LogP contribution in [0.25, 0.3) is 0 Å². The standard InChI is InChI=1S/C8H11ClN4/c1-6(13(2)3)10-8-5-4-7(9)11-12-8/h4-5H,1-3H3/b10-6-. The third-order valence-electron chi connectivity index (χ3n) is 1.54. The average Bonchev–Trinajstić information content (AvgIpc) is 2.08. The third kappa shape index (κ3) is 2.99. The van der Waals surface area contributed by atoms with E-state index in [1.54, 1.807) is 12.1 Å². The molecule has 1 aromatic rings. The van der Waals surface area contributed by atoms with Crippen LogP contribution in [0.15, 0.2) is 17.1 Å². The van der Waals surface area contributed by atoms with Crippen LogP contribution in [0.1, 0.15) is 6.92 Å². The number of hydrogen-bond acceptors (Lipinski definition) is 3. The second-order valence-corrected chi connectivity index (χ2v) is 3.15. The highest BCUT2D eigenvalue weighted by Crippen LogP contribution is 2.09. The first-order valence-electron chi connectivity index (χ1n) is 3.81. The Morgan fingerprint density at radius 3 is 2.54 bits per heavy atom. The molecule has 0 spiro atoms. The summed E-state index contributed by atoms with van der Waals surface area (Å²) in [6.07, 6.45) is 0. The molecule has 0 aliphatic carbocycles. The average molecular weight is 199 g/mol. The largest absolute Gasteiger partial charge is 0.366 e. The predicted octanol–water partition coefficient (Wildman–Crippen LogP) is 1.74. The van der Waals surface area contributed by atoms with E-state index in [0.29, 0.717) is 11.0 Å². The second-order valence-electron chi connectivity index (χ2n) is 2.77. The van der Waals surface area contributed by atoms with Crippen molar-refractivity contribution in [2.24, 2.45) is 4.99 Å². The molecule has 0 amide bonds. The van der Waals surface area contributed by atoms with Crippen molar-refractivity contribution in [1.29, 1.82) is 0 Å². The fraction of sp³-hybridized carbons (Fsp3) is 0.375. The van der Waals surface area contributed by atoms with E-state index in [-0.39, 0.29) is 0 Å². The maximum Gasteiger partial charge on any atom is 0.176 e. The van der Waals surface area contributed by atoms with E-state index in [0.717, 1.165) is 5.84 Å². The molecule has 0 bridgehead atoms. The van der Waals surface area contributed by atoms with Gasteiger partial charge in [-0.05, 0) is 19.1 Å². The van der Waals surface area contributed by atoms with Crippen LogP contribution in [0.3, 0.4) is 0 Å². The molecule has 0 aliphatic heterocycles. The molecule has 0 atom stereocenters. The Morgan fingerprint density at radius 2 is 2.08 bits per heavy atom. The van der Waals surface area contributed by atoms with Crippen molar-refractivity contribution in [1.82, 2.24) is 15.1 Å². The molecule has 70 valence electrons. The Hall–Kier alpha value is -1.16. The van der Waals surface area contributed by atoms with Gasteiger partial charge < -0.3 is 4.90 Å². The van der Waals surface area contributed by atoms with Gasteiger partial charge in [0.1, 0.15) is 5.84 Å². The number of hydrogen-bond donors (Lipinski definition) is 0. The number of halogens is 1. The van der Waals surface area contributed by atoms with Crippen LogP contribution in [-0.2, 0) is 0 Å². The monoisotopic (exact) mass is 198 g/mol. The number of rotatable bonds is 1. The maximum absolute atomic E-state index is 5.58. The summed E-state index contributed by atoms with van der Waals surface area (Å²) in [6.45, 7) is 1.90. The molecule has 1 rings (SSSR count). The van der Waals surface area contributed by atoms with Crippen molar-refractivity contribution < 1.29 is 0 Å². The highest BCUT2D eigenvalue weighted by atomic mass is 35.5. The maximum atomic E-state index is 5.58. The van der Waals surface area contributed by atoms with Gasteiger partial charge in [-0.1, -0.05) is 11.6 Å². The first-order valence-corrected chi connectivity index (χ1v) is 4.19. The summed E-state index contributed by atoms with van der Waals surface area (Å²) in [7, 11) is 3.84. The van der Waals surface area contributed by atoms with Gasteiger partial charge in [0.25, 0.3) is 0 Å². The molecule has 0 aliphatic rings. The van der Waals surface area contributed by atoms with Crippen molar-refractivity contribution in [3.8, 4) is 0 Å². The van der Waals surface area contributed by atoms with Gasteiger partial charge >= 0.3 is 0 Å². The van der Waals surface area contributed by atoms with Crippen LogP contribution in [-0.4, -0.2) is 35.0 Å². The predicted molar refractivity (Wildman–Crippen MR) is 53.5 cm³/mol. The Morgan fingerprint density at radius 1 is 1.38 bits per heavy atom. The molecule has 0 N–H and O–H groups in total. The Labute approximate surface area is 82.3 Å². The molecule has 13 heavy (non-hydrogen) atoms. The number of aliphatic imine (C=N–C) groups is 1. The quantitative estimate of drug-likeness (QED) is 0.510. The lowest BCUT2D eigenvalue weighted by atomic mass is 10.5. The van der Waals surface area contributed by atoms with Crippen molar-refractivity contribution in [2.45, 2.75) is 6.92 Å². The minimum absolute atomic E-state index is 0.376. The van der Waals surface area contributed by atoms with Crippen molar-refractivity contribution in [3.05, 3.63) is 17.3 Å². The fourth-order valence-corrected chi connectivity index (χ4v) is 0.735. The normalized spacial score (nSPS) is 11.5. The van der Waals surface area contributed by atoms with E-state index >= 15 is 0 Å². The van der Waals surface area contributed by atoms with Gasteiger partial charge in [0.05, 0.1) is 0 Å². The Balaban J connectivity index is 2.85. The summed E-state index contributed by atoms with van der Waals surface area (Å²) >= 11 is 5.58. The van der Waals surface area contributed by atoms with Crippen LogP contribution >= 0.6 is 11.6 Å². The third-order valence-corrected chi connectivity index (χ3v) is 1.74. The summed E-state index contributed by atoms with van der Waals surface area (Å²) < 4.78 is 0.